The number of aryl methyl sites for hydroxylation is 2. The Morgan fingerprint density at radius 1 is 0.493 bits per heavy atom. The van der Waals surface area contributed by atoms with Crippen LogP contribution >= 0.6 is 24.8 Å². The van der Waals surface area contributed by atoms with Crippen molar-refractivity contribution in [3.05, 3.63) is 131 Å². The monoisotopic (exact) mass is 1010 g/mol. The summed E-state index contributed by atoms with van der Waals surface area (Å²) in [4.78, 5) is 51.2. The number of amides is 4. The Bertz CT molecular complexity index is 1910. The van der Waals surface area contributed by atoms with Gasteiger partial charge in [-0.25, -0.2) is 0 Å². The lowest BCUT2D eigenvalue weighted by atomic mass is 10.0. The lowest BCUT2D eigenvalue weighted by Gasteiger charge is -2.22. The van der Waals surface area contributed by atoms with Gasteiger partial charge in [-0.3, -0.25) is 27.6 Å². The zero-order valence-electron chi connectivity index (χ0n) is 38.7. The third-order valence-electron chi connectivity index (χ3n) is 10.3. The Labute approximate surface area is 412 Å². The molecule has 0 bridgehead atoms. The van der Waals surface area contributed by atoms with Crippen LogP contribution in [0.4, 0.5) is 0 Å². The fraction of sp³-hybridized carbons (Fsp3) is 0.417. The van der Waals surface area contributed by atoms with Crippen molar-refractivity contribution in [1.29, 1.82) is 0 Å². The van der Waals surface area contributed by atoms with Gasteiger partial charge in [-0.15, -0.1) is 24.8 Å². The van der Waals surface area contributed by atoms with E-state index in [-0.39, 0.29) is 65.4 Å². The van der Waals surface area contributed by atoms with Gasteiger partial charge >= 0.3 is 0 Å². The van der Waals surface area contributed by atoms with Crippen LogP contribution in [0.2, 0.25) is 0 Å². The number of hydrogen-bond acceptors (Lipinski definition) is 10. The molecule has 4 aromatic rings. The Morgan fingerprint density at radius 2 is 0.821 bits per heavy atom. The zero-order chi connectivity index (χ0) is 46.7. The van der Waals surface area contributed by atoms with Gasteiger partial charge in [-0.1, -0.05) is 84.9 Å². The highest BCUT2D eigenvalue weighted by Gasteiger charge is 2.26. The van der Waals surface area contributed by atoms with E-state index in [0.29, 0.717) is 50.3 Å². The van der Waals surface area contributed by atoms with Crippen molar-refractivity contribution in [3.63, 3.8) is 0 Å². The summed E-state index contributed by atoms with van der Waals surface area (Å²) < 4.78 is 23.1. The standard InChI is InChI=1S/2C24H33N3O4S.2ClH.H2O/c2*1-25-22(17-19-10-12-20(28)13-11-19)24(30)27-21(14-16-32(2)31)23(29)26-15-6-9-18-7-4-3-5-8-18;;;/h2*3-5,7-8,10-13,21-22,25,28H,6,9,14-17H2,1-2H3,(H,26,29)(H,27,30);2*1H;1H2/t2*21-,22+,32?;;;/m11.../s1. The molecule has 10 N–H and O–H groups in total. The van der Waals surface area contributed by atoms with Crippen LogP contribution in [0.15, 0.2) is 109 Å². The molecule has 372 valence electrons. The average molecular weight is 1010 g/mol. The highest BCUT2D eigenvalue weighted by molar-refractivity contribution is 7.84. The fourth-order valence-corrected chi connectivity index (χ4v) is 7.72. The predicted molar refractivity (Wildman–Crippen MR) is 274 cm³/mol. The van der Waals surface area contributed by atoms with E-state index in [1.54, 1.807) is 75.1 Å². The number of halogens is 2. The molecule has 0 spiro atoms. The van der Waals surface area contributed by atoms with Gasteiger partial charge in [0.25, 0.3) is 0 Å². The molecule has 19 heteroatoms. The Morgan fingerprint density at radius 3 is 1.12 bits per heavy atom. The fourth-order valence-electron chi connectivity index (χ4n) is 6.58. The normalized spacial score (nSPS) is 13.1. The third-order valence-corrected chi connectivity index (χ3v) is 11.9. The molecular formula is C48H70Cl2N6O9S2. The van der Waals surface area contributed by atoms with E-state index in [1.165, 1.54) is 11.1 Å². The summed E-state index contributed by atoms with van der Waals surface area (Å²) in [6.07, 6.45) is 7.87. The summed E-state index contributed by atoms with van der Waals surface area (Å²) >= 11 is 0. The third kappa shape index (κ3) is 25.7. The first kappa shape index (κ1) is 62.1. The van der Waals surface area contributed by atoms with Gasteiger partial charge in [0.1, 0.15) is 23.6 Å². The maximum atomic E-state index is 12.8. The van der Waals surface area contributed by atoms with Gasteiger partial charge < -0.3 is 47.6 Å². The van der Waals surface area contributed by atoms with Crippen LogP contribution in [0.25, 0.3) is 0 Å². The van der Waals surface area contributed by atoms with Crippen molar-refractivity contribution in [2.24, 2.45) is 0 Å². The van der Waals surface area contributed by atoms with Gasteiger partial charge in [0, 0.05) is 58.7 Å². The predicted octanol–water partition coefficient (Wildman–Crippen LogP) is 3.07. The van der Waals surface area contributed by atoms with E-state index in [0.717, 1.165) is 36.8 Å². The number of hydrogen-bond donors (Lipinski definition) is 8. The molecular weight excluding hydrogens is 940 g/mol. The summed E-state index contributed by atoms with van der Waals surface area (Å²) in [5, 5.41) is 36.2. The van der Waals surface area contributed by atoms with Gasteiger partial charge in [0.15, 0.2) is 0 Å². The lowest BCUT2D eigenvalue weighted by molar-refractivity contribution is -0.130. The molecule has 0 saturated heterocycles. The van der Waals surface area contributed by atoms with E-state index >= 15 is 0 Å². The van der Waals surface area contributed by atoms with Crippen molar-refractivity contribution in [2.45, 2.75) is 75.5 Å². The molecule has 0 heterocycles. The maximum Gasteiger partial charge on any atom is 0.242 e. The summed E-state index contributed by atoms with van der Waals surface area (Å²) in [5.41, 5.74) is 4.18. The first-order chi connectivity index (χ1) is 30.8. The number of carbonyl (C=O) groups excluding carboxylic acids is 4. The Hall–Kier alpha value is -4.88. The topological polar surface area (TPSA) is 247 Å². The molecule has 4 amide bonds. The molecule has 0 aliphatic carbocycles. The number of nitrogens with one attached hydrogen (secondary N) is 6. The second kappa shape index (κ2) is 35.3. The van der Waals surface area contributed by atoms with Crippen molar-refractivity contribution < 1.29 is 43.3 Å². The molecule has 6 atom stereocenters. The van der Waals surface area contributed by atoms with Crippen LogP contribution in [0, 0.1) is 0 Å². The minimum atomic E-state index is -1.07. The first-order valence-corrected chi connectivity index (χ1v) is 25.0. The van der Waals surface area contributed by atoms with Crippen molar-refractivity contribution in [3.8, 4) is 11.5 Å². The average Bonchev–Trinajstić information content (AvgIpc) is 3.29. The summed E-state index contributed by atoms with van der Waals surface area (Å²) in [6.45, 7) is 0.997. The summed E-state index contributed by atoms with van der Waals surface area (Å²) in [6, 6.07) is 30.8. The quantitative estimate of drug-likeness (QED) is 0.0428. The van der Waals surface area contributed by atoms with E-state index in [9.17, 15) is 37.8 Å². The van der Waals surface area contributed by atoms with E-state index in [1.807, 2.05) is 60.7 Å². The van der Waals surface area contributed by atoms with Crippen molar-refractivity contribution in [1.82, 2.24) is 31.9 Å². The highest BCUT2D eigenvalue weighted by Crippen LogP contribution is 2.13. The molecule has 0 aliphatic rings. The molecule has 67 heavy (non-hydrogen) atoms. The van der Waals surface area contributed by atoms with Gasteiger partial charge in [-0.2, -0.15) is 0 Å². The summed E-state index contributed by atoms with van der Waals surface area (Å²) in [5.74, 6) is -0.159. The van der Waals surface area contributed by atoms with E-state index in [4.69, 9.17) is 0 Å². The second-order valence-electron chi connectivity index (χ2n) is 15.4. The molecule has 4 rings (SSSR count). The zero-order valence-corrected chi connectivity index (χ0v) is 41.9. The summed E-state index contributed by atoms with van der Waals surface area (Å²) in [7, 11) is 1.24. The van der Waals surface area contributed by atoms with Crippen LogP contribution in [-0.2, 0) is 66.5 Å². The molecule has 0 aromatic heterocycles. The number of carbonyl (C=O) groups is 4. The minimum Gasteiger partial charge on any atom is -0.508 e. The minimum absolute atomic E-state index is 0. The Balaban J connectivity index is 0.00000124. The largest absolute Gasteiger partial charge is 0.508 e. The van der Waals surface area contributed by atoms with Crippen molar-refractivity contribution in [2.75, 3.05) is 51.2 Å². The van der Waals surface area contributed by atoms with Crippen LogP contribution in [0.1, 0.15) is 47.9 Å². The van der Waals surface area contributed by atoms with Crippen LogP contribution in [0.5, 0.6) is 11.5 Å². The number of phenolic OH excluding ortho intramolecular Hbond substituents is 2. The van der Waals surface area contributed by atoms with E-state index in [2.05, 4.69) is 31.9 Å². The molecule has 4 aromatic carbocycles. The number of likely N-dealkylation sites (N-methyl/N-ethyl adjacent to an activating group) is 2. The van der Waals surface area contributed by atoms with Crippen LogP contribution in [0.3, 0.4) is 0 Å². The molecule has 2 unspecified atom stereocenters. The highest BCUT2D eigenvalue weighted by atomic mass is 35.5. The number of phenols is 2. The van der Waals surface area contributed by atoms with E-state index < -0.39 is 45.8 Å². The van der Waals surface area contributed by atoms with Crippen LogP contribution < -0.4 is 31.9 Å². The molecule has 0 saturated carbocycles. The number of benzene rings is 4. The van der Waals surface area contributed by atoms with Crippen molar-refractivity contribution >= 4 is 70.0 Å². The number of rotatable bonds is 26. The Kier molecular flexibility index (Phi) is 32.7. The van der Waals surface area contributed by atoms with Gasteiger partial charge in [-0.05, 0) is 112 Å². The van der Waals surface area contributed by atoms with Gasteiger partial charge in [0.05, 0.1) is 12.1 Å². The lowest BCUT2D eigenvalue weighted by Crippen LogP contribution is -2.53. The SMILES string of the molecule is CN[C@@H](Cc1ccc(O)cc1)C(=O)N[C@H](CCS(C)=O)C(=O)NCCCc1ccccc1.CN[C@@H](Cc1ccc(O)cc1)C(=O)N[C@H](CCS(C)=O)C(=O)NCCCc1ccccc1.Cl.Cl.O. The number of aromatic hydroxyl groups is 2. The molecule has 0 fully saturated rings. The second-order valence-corrected chi connectivity index (χ2v) is 18.5. The molecule has 15 nitrogen and oxygen atoms in total. The first-order valence-electron chi connectivity index (χ1n) is 21.5. The van der Waals surface area contributed by atoms with Gasteiger partial charge in [0.2, 0.25) is 23.6 Å². The maximum absolute atomic E-state index is 12.8. The molecule has 0 radical (unpaired) electrons. The smallest absolute Gasteiger partial charge is 0.242 e. The van der Waals surface area contributed by atoms with Crippen LogP contribution in [-0.4, -0.2) is 123 Å². The molecule has 0 aliphatic heterocycles.